The number of carbonyl (C=O) groups is 1. The number of amides is 2. The number of hydrogen-bond donors (Lipinski definition) is 2. The molecule has 2 heterocycles. The van der Waals surface area contributed by atoms with Crippen molar-refractivity contribution in [1.82, 2.24) is 10.2 Å². The van der Waals surface area contributed by atoms with Gasteiger partial charge in [0.1, 0.15) is 11.6 Å². The lowest BCUT2D eigenvalue weighted by atomic mass is 9.73. The monoisotopic (exact) mass is 449 g/mol. The Labute approximate surface area is 188 Å². The van der Waals surface area contributed by atoms with Crippen LogP contribution in [-0.4, -0.2) is 29.6 Å². The van der Waals surface area contributed by atoms with E-state index in [4.69, 9.17) is 0 Å². The number of nitrogens with one attached hydrogen (secondary N) is 2. The summed E-state index contributed by atoms with van der Waals surface area (Å²) in [4.78, 5) is 14.7. The molecule has 2 aliphatic heterocycles. The Hall–Kier alpha value is -2.18. The SMILES string of the molecule is Cl.O=C(NCCCC1C2CCC(CC2)N1Cc1ccc(F)cc1)Nc1ccc(F)cc1. The second kappa shape index (κ2) is 10.9. The number of carbonyl (C=O) groups excluding carboxylic acids is 1. The van der Waals surface area contributed by atoms with Gasteiger partial charge in [-0.3, -0.25) is 4.90 Å². The number of anilines is 1. The third-order valence-corrected chi connectivity index (χ3v) is 6.52. The molecule has 4 nitrogen and oxygen atoms in total. The average molecular weight is 450 g/mol. The second-order valence-corrected chi connectivity index (χ2v) is 8.46. The minimum atomic E-state index is -0.326. The number of urea groups is 1. The zero-order valence-corrected chi connectivity index (χ0v) is 18.3. The first kappa shape index (κ1) is 23.5. The zero-order chi connectivity index (χ0) is 20.9. The predicted octanol–water partition coefficient (Wildman–Crippen LogP) is 5.73. The normalized spacial score (nSPS) is 22.6. The van der Waals surface area contributed by atoms with Gasteiger partial charge in [0.2, 0.25) is 0 Å². The van der Waals surface area contributed by atoms with E-state index in [2.05, 4.69) is 15.5 Å². The first-order chi connectivity index (χ1) is 14.6. The third-order valence-electron chi connectivity index (χ3n) is 6.52. The van der Waals surface area contributed by atoms with Crippen molar-refractivity contribution >= 4 is 24.1 Å². The topological polar surface area (TPSA) is 44.4 Å². The molecule has 168 valence electrons. The van der Waals surface area contributed by atoms with Crippen LogP contribution in [0, 0.1) is 17.6 Å². The highest BCUT2D eigenvalue weighted by molar-refractivity contribution is 5.89. The van der Waals surface area contributed by atoms with Gasteiger partial charge in [-0.2, -0.15) is 0 Å². The van der Waals surface area contributed by atoms with Crippen molar-refractivity contribution in [2.24, 2.45) is 5.92 Å². The van der Waals surface area contributed by atoms with Crippen LogP contribution < -0.4 is 10.6 Å². The highest BCUT2D eigenvalue weighted by atomic mass is 35.5. The van der Waals surface area contributed by atoms with E-state index in [1.165, 1.54) is 49.9 Å². The first-order valence-electron chi connectivity index (χ1n) is 10.9. The van der Waals surface area contributed by atoms with Crippen molar-refractivity contribution in [3.05, 3.63) is 65.7 Å². The van der Waals surface area contributed by atoms with Gasteiger partial charge in [-0.25, -0.2) is 13.6 Å². The number of hydrogen-bond acceptors (Lipinski definition) is 2. The molecule has 2 saturated heterocycles. The molecule has 0 aromatic heterocycles. The standard InChI is InChI=1S/C24H29F2N3O.ClH/c25-19-7-3-17(4-8-19)16-29-22-13-5-18(6-14-22)23(29)2-1-15-27-24(30)28-21-11-9-20(26)10-12-21;/h3-4,7-12,18,22-23H,1-2,5-6,13-16H2,(H2,27,28,30);1H. The van der Waals surface area contributed by atoms with E-state index >= 15 is 0 Å². The molecule has 3 fully saturated rings. The molecule has 2 N–H and O–H groups in total. The van der Waals surface area contributed by atoms with E-state index in [9.17, 15) is 13.6 Å². The molecule has 2 aromatic carbocycles. The summed E-state index contributed by atoms with van der Waals surface area (Å²) in [7, 11) is 0. The van der Waals surface area contributed by atoms with Gasteiger partial charge in [-0.1, -0.05) is 12.1 Å². The molecule has 1 unspecified atom stereocenters. The summed E-state index contributed by atoms with van der Waals surface area (Å²) in [6.45, 7) is 1.47. The van der Waals surface area contributed by atoms with Crippen LogP contribution in [0.5, 0.6) is 0 Å². The molecular formula is C24H30ClF2N3O. The molecule has 7 heteroatoms. The molecule has 1 saturated carbocycles. The molecule has 2 aromatic rings. The van der Waals surface area contributed by atoms with E-state index in [1.807, 2.05) is 12.1 Å². The number of piperidine rings is 2. The van der Waals surface area contributed by atoms with Gasteiger partial charge in [-0.15, -0.1) is 12.4 Å². The Morgan fingerprint density at radius 1 is 0.935 bits per heavy atom. The van der Waals surface area contributed by atoms with Gasteiger partial charge in [0.15, 0.2) is 0 Å². The van der Waals surface area contributed by atoms with Gasteiger partial charge in [0.05, 0.1) is 0 Å². The Bertz CT molecular complexity index is 839. The lowest BCUT2D eigenvalue weighted by Crippen LogP contribution is -2.54. The molecular weight excluding hydrogens is 420 g/mol. The van der Waals surface area contributed by atoms with Crippen molar-refractivity contribution in [3.8, 4) is 0 Å². The average Bonchev–Trinajstić information content (AvgIpc) is 2.76. The number of fused-ring (bicyclic) bond motifs is 3. The van der Waals surface area contributed by atoms with Crippen LogP contribution in [0.2, 0.25) is 0 Å². The smallest absolute Gasteiger partial charge is 0.319 e. The minimum Gasteiger partial charge on any atom is -0.338 e. The van der Waals surface area contributed by atoms with E-state index < -0.39 is 0 Å². The summed E-state index contributed by atoms with van der Waals surface area (Å²) in [6.07, 6.45) is 7.02. The van der Waals surface area contributed by atoms with Crippen molar-refractivity contribution in [3.63, 3.8) is 0 Å². The minimum absolute atomic E-state index is 0. The number of nitrogens with zero attached hydrogens (tertiary/aromatic N) is 1. The van der Waals surface area contributed by atoms with E-state index in [0.717, 1.165) is 24.9 Å². The summed E-state index contributed by atoms with van der Waals surface area (Å²) in [5.41, 5.74) is 1.73. The van der Waals surface area contributed by atoms with Gasteiger partial charge < -0.3 is 10.6 Å². The summed E-state index contributed by atoms with van der Waals surface area (Å²) >= 11 is 0. The number of benzene rings is 2. The van der Waals surface area contributed by atoms with Crippen LogP contribution in [0.25, 0.3) is 0 Å². The Balaban J connectivity index is 0.00000272. The van der Waals surface area contributed by atoms with E-state index in [1.54, 1.807) is 12.1 Å². The predicted molar refractivity (Wildman–Crippen MR) is 121 cm³/mol. The number of rotatable bonds is 7. The quantitative estimate of drug-likeness (QED) is 0.530. The van der Waals surface area contributed by atoms with Gasteiger partial charge in [0, 0.05) is 30.9 Å². The molecule has 1 aliphatic carbocycles. The van der Waals surface area contributed by atoms with Crippen LogP contribution in [0.1, 0.15) is 44.1 Å². The molecule has 2 amide bonds. The zero-order valence-electron chi connectivity index (χ0n) is 17.5. The van der Waals surface area contributed by atoms with Crippen LogP contribution >= 0.6 is 12.4 Å². The van der Waals surface area contributed by atoms with Crippen LogP contribution in [0.15, 0.2) is 48.5 Å². The lowest BCUT2D eigenvalue weighted by molar-refractivity contribution is -0.0230. The Morgan fingerprint density at radius 3 is 2.19 bits per heavy atom. The molecule has 3 aliphatic rings. The van der Waals surface area contributed by atoms with Gasteiger partial charge in [0.25, 0.3) is 0 Å². The summed E-state index contributed by atoms with van der Waals surface area (Å²) in [5.74, 6) is 0.192. The van der Waals surface area contributed by atoms with E-state index in [-0.39, 0.29) is 30.1 Å². The van der Waals surface area contributed by atoms with Crippen molar-refractivity contribution in [2.75, 3.05) is 11.9 Å². The molecule has 0 radical (unpaired) electrons. The molecule has 1 atom stereocenters. The van der Waals surface area contributed by atoms with Crippen molar-refractivity contribution in [2.45, 2.75) is 57.2 Å². The largest absolute Gasteiger partial charge is 0.338 e. The first-order valence-corrected chi connectivity index (χ1v) is 10.9. The highest BCUT2D eigenvalue weighted by Crippen LogP contribution is 2.42. The Morgan fingerprint density at radius 2 is 1.55 bits per heavy atom. The third kappa shape index (κ3) is 6.17. The van der Waals surface area contributed by atoms with Crippen molar-refractivity contribution in [1.29, 1.82) is 0 Å². The summed E-state index contributed by atoms with van der Waals surface area (Å²) in [6, 6.07) is 13.4. The summed E-state index contributed by atoms with van der Waals surface area (Å²) < 4.78 is 26.2. The maximum Gasteiger partial charge on any atom is 0.319 e. The van der Waals surface area contributed by atoms with Crippen LogP contribution in [-0.2, 0) is 6.54 Å². The molecule has 31 heavy (non-hydrogen) atoms. The van der Waals surface area contributed by atoms with E-state index in [0.29, 0.717) is 30.2 Å². The molecule has 5 rings (SSSR count). The van der Waals surface area contributed by atoms with Gasteiger partial charge in [-0.05, 0) is 86.4 Å². The number of halogens is 3. The Kier molecular flexibility index (Phi) is 8.27. The fourth-order valence-corrected chi connectivity index (χ4v) is 5.03. The molecule has 0 spiro atoms. The fraction of sp³-hybridized carbons (Fsp3) is 0.458. The lowest BCUT2D eigenvalue weighted by Gasteiger charge is -2.52. The fourth-order valence-electron chi connectivity index (χ4n) is 5.03. The highest BCUT2D eigenvalue weighted by Gasteiger charge is 2.40. The second-order valence-electron chi connectivity index (χ2n) is 8.46. The summed E-state index contributed by atoms with van der Waals surface area (Å²) in [5, 5.41) is 5.62. The van der Waals surface area contributed by atoms with Crippen LogP contribution in [0.3, 0.4) is 0 Å². The van der Waals surface area contributed by atoms with Crippen LogP contribution in [0.4, 0.5) is 19.3 Å². The maximum atomic E-state index is 13.2. The molecule has 2 bridgehead atoms. The van der Waals surface area contributed by atoms with Gasteiger partial charge >= 0.3 is 6.03 Å². The van der Waals surface area contributed by atoms with Crippen molar-refractivity contribution < 1.29 is 13.6 Å². The maximum absolute atomic E-state index is 13.2.